The molecule has 88 valence electrons. The van der Waals surface area contributed by atoms with E-state index >= 15 is 0 Å². The molecule has 0 aliphatic heterocycles. The standard InChI is InChI=1S/C13H11BrClNO/c14-12-7-9(8-16)1-6-13(12)17-11-4-2-10(15)3-5-11/h1-7H,8,16H2. The first kappa shape index (κ1) is 12.4. The van der Waals surface area contributed by atoms with Gasteiger partial charge in [-0.15, -0.1) is 0 Å². The van der Waals surface area contributed by atoms with Crippen LogP contribution in [0.5, 0.6) is 11.5 Å². The van der Waals surface area contributed by atoms with Gasteiger partial charge in [-0.3, -0.25) is 0 Å². The number of rotatable bonds is 3. The van der Waals surface area contributed by atoms with Crippen molar-refractivity contribution in [1.29, 1.82) is 0 Å². The van der Waals surface area contributed by atoms with Crippen molar-refractivity contribution in [1.82, 2.24) is 0 Å². The summed E-state index contributed by atoms with van der Waals surface area (Å²) < 4.78 is 6.60. The Morgan fingerprint density at radius 3 is 2.41 bits per heavy atom. The van der Waals surface area contributed by atoms with Gasteiger partial charge < -0.3 is 10.5 Å². The van der Waals surface area contributed by atoms with Crippen LogP contribution in [0.3, 0.4) is 0 Å². The Bertz CT molecular complexity index is 513. The van der Waals surface area contributed by atoms with Crippen LogP contribution in [0.1, 0.15) is 5.56 Å². The average molecular weight is 313 g/mol. The van der Waals surface area contributed by atoms with Crippen molar-refractivity contribution >= 4 is 27.5 Å². The quantitative estimate of drug-likeness (QED) is 0.914. The van der Waals surface area contributed by atoms with E-state index in [1.807, 2.05) is 30.3 Å². The predicted molar refractivity (Wildman–Crippen MR) is 73.6 cm³/mol. The maximum absolute atomic E-state index is 5.81. The molecule has 2 rings (SSSR count). The molecule has 0 radical (unpaired) electrons. The van der Waals surface area contributed by atoms with Crippen molar-refractivity contribution in [3.63, 3.8) is 0 Å². The number of hydrogen-bond donors (Lipinski definition) is 1. The van der Waals surface area contributed by atoms with E-state index in [0.29, 0.717) is 11.6 Å². The smallest absolute Gasteiger partial charge is 0.141 e. The Labute approximate surface area is 113 Å². The zero-order chi connectivity index (χ0) is 12.3. The average Bonchev–Trinajstić information content (AvgIpc) is 2.34. The molecule has 0 amide bonds. The third-order valence-corrected chi connectivity index (χ3v) is 3.15. The minimum atomic E-state index is 0.514. The van der Waals surface area contributed by atoms with Crippen LogP contribution in [0.2, 0.25) is 5.02 Å². The highest BCUT2D eigenvalue weighted by Crippen LogP contribution is 2.30. The lowest BCUT2D eigenvalue weighted by Crippen LogP contribution is -1.96. The number of ether oxygens (including phenoxy) is 1. The van der Waals surface area contributed by atoms with Crippen molar-refractivity contribution in [2.75, 3.05) is 0 Å². The summed E-state index contributed by atoms with van der Waals surface area (Å²) in [6.45, 7) is 0.514. The van der Waals surface area contributed by atoms with Gasteiger partial charge >= 0.3 is 0 Å². The Morgan fingerprint density at radius 2 is 1.82 bits per heavy atom. The summed E-state index contributed by atoms with van der Waals surface area (Å²) in [7, 11) is 0. The maximum Gasteiger partial charge on any atom is 0.141 e. The van der Waals surface area contributed by atoms with Crippen molar-refractivity contribution in [3.8, 4) is 11.5 Å². The van der Waals surface area contributed by atoms with Gasteiger partial charge in [0.05, 0.1) is 4.47 Å². The highest BCUT2D eigenvalue weighted by Gasteiger charge is 2.03. The Kier molecular flexibility index (Phi) is 4.05. The van der Waals surface area contributed by atoms with Gasteiger partial charge in [-0.05, 0) is 57.9 Å². The van der Waals surface area contributed by atoms with E-state index in [-0.39, 0.29) is 0 Å². The highest BCUT2D eigenvalue weighted by molar-refractivity contribution is 9.10. The number of halogens is 2. The van der Waals surface area contributed by atoms with Gasteiger partial charge in [0.15, 0.2) is 0 Å². The molecule has 0 saturated heterocycles. The van der Waals surface area contributed by atoms with E-state index in [4.69, 9.17) is 22.1 Å². The number of benzene rings is 2. The molecule has 4 heteroatoms. The van der Waals surface area contributed by atoms with Crippen LogP contribution in [0.4, 0.5) is 0 Å². The minimum absolute atomic E-state index is 0.514. The van der Waals surface area contributed by atoms with E-state index in [1.165, 1.54) is 0 Å². The van der Waals surface area contributed by atoms with Gasteiger partial charge in [-0.2, -0.15) is 0 Å². The summed E-state index contributed by atoms with van der Waals surface area (Å²) in [4.78, 5) is 0. The fourth-order valence-electron chi connectivity index (χ4n) is 1.38. The van der Waals surface area contributed by atoms with Gasteiger partial charge in [0.1, 0.15) is 11.5 Å². The van der Waals surface area contributed by atoms with Gasteiger partial charge in [0.2, 0.25) is 0 Å². The van der Waals surface area contributed by atoms with E-state index in [1.54, 1.807) is 12.1 Å². The zero-order valence-corrected chi connectivity index (χ0v) is 11.3. The summed E-state index contributed by atoms with van der Waals surface area (Å²) in [5, 5.41) is 0.690. The largest absolute Gasteiger partial charge is 0.456 e. The Balaban J connectivity index is 2.21. The molecular formula is C13H11BrClNO. The van der Waals surface area contributed by atoms with E-state index in [0.717, 1.165) is 21.5 Å². The molecular weight excluding hydrogens is 302 g/mol. The van der Waals surface area contributed by atoms with Gasteiger partial charge in [0, 0.05) is 11.6 Å². The minimum Gasteiger partial charge on any atom is -0.456 e. The summed E-state index contributed by atoms with van der Waals surface area (Å²) in [6, 6.07) is 13.0. The first-order valence-corrected chi connectivity index (χ1v) is 6.28. The van der Waals surface area contributed by atoms with Crippen LogP contribution in [0.25, 0.3) is 0 Å². The first-order chi connectivity index (χ1) is 8.19. The molecule has 2 nitrogen and oxygen atoms in total. The van der Waals surface area contributed by atoms with E-state index in [2.05, 4.69) is 15.9 Å². The zero-order valence-electron chi connectivity index (χ0n) is 8.99. The molecule has 0 aliphatic rings. The molecule has 0 fully saturated rings. The second-order valence-corrected chi connectivity index (χ2v) is 4.82. The van der Waals surface area contributed by atoms with Gasteiger partial charge in [-0.25, -0.2) is 0 Å². The molecule has 0 bridgehead atoms. The molecule has 0 unspecified atom stereocenters. The fourth-order valence-corrected chi connectivity index (χ4v) is 2.02. The topological polar surface area (TPSA) is 35.2 Å². The summed E-state index contributed by atoms with van der Waals surface area (Å²) >= 11 is 9.26. The molecule has 2 aromatic carbocycles. The highest BCUT2D eigenvalue weighted by atomic mass is 79.9. The summed E-state index contributed by atoms with van der Waals surface area (Å²) in [5.74, 6) is 1.50. The molecule has 2 aromatic rings. The molecule has 2 N–H and O–H groups in total. The van der Waals surface area contributed by atoms with Gasteiger partial charge in [-0.1, -0.05) is 17.7 Å². The molecule has 0 spiro atoms. The van der Waals surface area contributed by atoms with Crippen LogP contribution >= 0.6 is 27.5 Å². The lowest BCUT2D eigenvalue weighted by molar-refractivity contribution is 0.479. The maximum atomic E-state index is 5.81. The van der Waals surface area contributed by atoms with Gasteiger partial charge in [0.25, 0.3) is 0 Å². The SMILES string of the molecule is NCc1ccc(Oc2ccc(Cl)cc2)c(Br)c1. The second kappa shape index (κ2) is 5.54. The summed E-state index contributed by atoms with van der Waals surface area (Å²) in [6.07, 6.45) is 0. The van der Waals surface area contributed by atoms with Crippen LogP contribution in [0, 0.1) is 0 Å². The Morgan fingerprint density at radius 1 is 1.12 bits per heavy atom. The van der Waals surface area contributed by atoms with Crippen LogP contribution in [-0.2, 0) is 6.54 Å². The second-order valence-electron chi connectivity index (χ2n) is 3.52. The molecule has 0 heterocycles. The van der Waals surface area contributed by atoms with E-state index < -0.39 is 0 Å². The predicted octanol–water partition coefficient (Wildman–Crippen LogP) is 4.35. The van der Waals surface area contributed by atoms with Crippen molar-refractivity contribution in [2.45, 2.75) is 6.54 Å². The lowest BCUT2D eigenvalue weighted by Gasteiger charge is -2.08. The molecule has 17 heavy (non-hydrogen) atoms. The van der Waals surface area contributed by atoms with Crippen molar-refractivity contribution in [2.24, 2.45) is 5.73 Å². The fraction of sp³-hybridized carbons (Fsp3) is 0.0769. The van der Waals surface area contributed by atoms with Crippen LogP contribution in [-0.4, -0.2) is 0 Å². The first-order valence-electron chi connectivity index (χ1n) is 5.11. The van der Waals surface area contributed by atoms with Crippen molar-refractivity contribution in [3.05, 3.63) is 57.5 Å². The van der Waals surface area contributed by atoms with Crippen LogP contribution < -0.4 is 10.5 Å². The molecule has 0 aliphatic carbocycles. The third kappa shape index (κ3) is 3.22. The molecule has 0 atom stereocenters. The van der Waals surface area contributed by atoms with Crippen LogP contribution in [0.15, 0.2) is 46.9 Å². The lowest BCUT2D eigenvalue weighted by atomic mass is 10.2. The Hall–Kier alpha value is -1.03. The van der Waals surface area contributed by atoms with E-state index in [9.17, 15) is 0 Å². The number of nitrogens with two attached hydrogens (primary N) is 1. The molecule has 0 saturated carbocycles. The normalized spacial score (nSPS) is 10.3. The monoisotopic (exact) mass is 311 g/mol. The molecule has 0 aromatic heterocycles. The number of hydrogen-bond acceptors (Lipinski definition) is 2. The third-order valence-electron chi connectivity index (χ3n) is 2.27. The van der Waals surface area contributed by atoms with Crippen molar-refractivity contribution < 1.29 is 4.74 Å². The summed E-state index contributed by atoms with van der Waals surface area (Å²) in [5.41, 5.74) is 6.62.